The van der Waals surface area contributed by atoms with Gasteiger partial charge >= 0.3 is 0 Å². The number of anilines is 2. The third-order valence-electron chi connectivity index (χ3n) is 3.95. The average Bonchev–Trinajstić information content (AvgIpc) is 2.48. The van der Waals surface area contributed by atoms with Crippen molar-refractivity contribution < 1.29 is 5.11 Å². The number of benzene rings is 1. The first-order valence-corrected chi connectivity index (χ1v) is 7.37. The molecular formula is C16H23N3O. The summed E-state index contributed by atoms with van der Waals surface area (Å²) in [6.45, 7) is 5.89. The Morgan fingerprint density at radius 3 is 2.75 bits per heavy atom. The largest absolute Gasteiger partial charge is 0.393 e. The lowest BCUT2D eigenvalue weighted by Crippen LogP contribution is -2.36. The SMILES string of the molecule is CCC(C)Nc1ccc(N2CCC(O)CC2)c(C#N)c1. The molecule has 108 valence electrons. The number of piperidine rings is 1. The molecule has 0 bridgehead atoms. The van der Waals surface area contributed by atoms with Gasteiger partial charge in [0, 0.05) is 24.8 Å². The summed E-state index contributed by atoms with van der Waals surface area (Å²) < 4.78 is 0. The molecule has 1 atom stereocenters. The van der Waals surface area contributed by atoms with Gasteiger partial charge in [-0.3, -0.25) is 0 Å². The minimum atomic E-state index is -0.192. The van der Waals surface area contributed by atoms with E-state index in [0.717, 1.165) is 43.7 Å². The van der Waals surface area contributed by atoms with Crippen molar-refractivity contribution in [2.24, 2.45) is 0 Å². The summed E-state index contributed by atoms with van der Waals surface area (Å²) in [7, 11) is 0. The second-order valence-electron chi connectivity index (χ2n) is 5.52. The van der Waals surface area contributed by atoms with E-state index in [4.69, 9.17) is 0 Å². The molecule has 1 fully saturated rings. The van der Waals surface area contributed by atoms with Gasteiger partial charge in [0.25, 0.3) is 0 Å². The van der Waals surface area contributed by atoms with Gasteiger partial charge in [0.1, 0.15) is 6.07 Å². The maximum absolute atomic E-state index is 9.57. The summed E-state index contributed by atoms with van der Waals surface area (Å²) in [5.41, 5.74) is 2.68. The zero-order chi connectivity index (χ0) is 14.5. The number of aliphatic hydroxyl groups excluding tert-OH is 1. The fourth-order valence-electron chi connectivity index (χ4n) is 2.48. The van der Waals surface area contributed by atoms with Crippen LogP contribution in [0.3, 0.4) is 0 Å². The summed E-state index contributed by atoms with van der Waals surface area (Å²) in [6, 6.07) is 8.67. The van der Waals surface area contributed by atoms with Gasteiger partial charge in [-0.25, -0.2) is 0 Å². The highest BCUT2D eigenvalue weighted by Crippen LogP contribution is 2.27. The normalized spacial score (nSPS) is 17.6. The molecule has 1 aliphatic rings. The Bertz CT molecular complexity index is 487. The molecule has 0 radical (unpaired) electrons. The van der Waals surface area contributed by atoms with E-state index in [1.165, 1.54) is 0 Å². The van der Waals surface area contributed by atoms with Crippen molar-refractivity contribution >= 4 is 11.4 Å². The van der Waals surface area contributed by atoms with Crippen LogP contribution in [0.15, 0.2) is 18.2 Å². The number of rotatable bonds is 4. The molecule has 0 spiro atoms. The maximum atomic E-state index is 9.57. The lowest BCUT2D eigenvalue weighted by molar-refractivity contribution is 0.145. The predicted octanol–water partition coefficient (Wildman–Crippen LogP) is 2.73. The standard InChI is InChI=1S/C16H23N3O/c1-3-12(2)18-14-4-5-16(13(10-14)11-17)19-8-6-15(20)7-9-19/h4-5,10,12,15,18,20H,3,6-9H2,1-2H3. The monoisotopic (exact) mass is 273 g/mol. The lowest BCUT2D eigenvalue weighted by atomic mass is 10.0. The summed E-state index contributed by atoms with van der Waals surface area (Å²) >= 11 is 0. The highest BCUT2D eigenvalue weighted by Gasteiger charge is 2.19. The average molecular weight is 273 g/mol. The third kappa shape index (κ3) is 3.43. The molecular weight excluding hydrogens is 250 g/mol. The van der Waals surface area contributed by atoms with Crippen LogP contribution < -0.4 is 10.2 Å². The van der Waals surface area contributed by atoms with Crippen molar-refractivity contribution in [3.8, 4) is 6.07 Å². The van der Waals surface area contributed by atoms with Gasteiger partial charge in [0.05, 0.1) is 17.4 Å². The Hall–Kier alpha value is -1.73. The summed E-state index contributed by atoms with van der Waals surface area (Å²) in [5.74, 6) is 0. The zero-order valence-electron chi connectivity index (χ0n) is 12.3. The number of hydrogen-bond donors (Lipinski definition) is 2. The molecule has 1 aliphatic heterocycles. The van der Waals surface area contributed by atoms with E-state index in [-0.39, 0.29) is 6.10 Å². The first-order valence-electron chi connectivity index (χ1n) is 7.37. The van der Waals surface area contributed by atoms with E-state index in [0.29, 0.717) is 11.6 Å². The maximum Gasteiger partial charge on any atom is 0.101 e. The molecule has 4 nitrogen and oxygen atoms in total. The lowest BCUT2D eigenvalue weighted by Gasteiger charge is -2.32. The van der Waals surface area contributed by atoms with Crippen molar-refractivity contribution in [2.45, 2.75) is 45.3 Å². The number of nitriles is 1. The van der Waals surface area contributed by atoms with Crippen LogP contribution in [0, 0.1) is 11.3 Å². The van der Waals surface area contributed by atoms with Gasteiger partial charge in [-0.1, -0.05) is 6.92 Å². The second kappa shape index (κ2) is 6.62. The van der Waals surface area contributed by atoms with Crippen LogP contribution in [0.25, 0.3) is 0 Å². The van der Waals surface area contributed by atoms with Gasteiger partial charge in [0.2, 0.25) is 0 Å². The fourth-order valence-corrected chi connectivity index (χ4v) is 2.48. The van der Waals surface area contributed by atoms with E-state index < -0.39 is 0 Å². The number of nitrogens with zero attached hydrogens (tertiary/aromatic N) is 2. The minimum Gasteiger partial charge on any atom is -0.393 e. The van der Waals surface area contributed by atoms with E-state index in [1.807, 2.05) is 18.2 Å². The van der Waals surface area contributed by atoms with Gasteiger partial charge in [-0.2, -0.15) is 5.26 Å². The summed E-state index contributed by atoms with van der Waals surface area (Å²) in [5, 5.41) is 22.3. The molecule has 1 aromatic rings. The molecule has 20 heavy (non-hydrogen) atoms. The highest BCUT2D eigenvalue weighted by molar-refractivity contribution is 5.65. The van der Waals surface area contributed by atoms with Crippen LogP contribution in [0.4, 0.5) is 11.4 Å². The van der Waals surface area contributed by atoms with E-state index in [9.17, 15) is 10.4 Å². The first-order chi connectivity index (χ1) is 9.63. The first kappa shape index (κ1) is 14.7. The molecule has 0 aromatic heterocycles. The van der Waals surface area contributed by atoms with Crippen molar-refractivity contribution in [1.29, 1.82) is 5.26 Å². The second-order valence-corrected chi connectivity index (χ2v) is 5.52. The third-order valence-corrected chi connectivity index (χ3v) is 3.95. The topological polar surface area (TPSA) is 59.3 Å². The van der Waals surface area contributed by atoms with Gasteiger partial charge in [-0.15, -0.1) is 0 Å². The van der Waals surface area contributed by atoms with E-state index >= 15 is 0 Å². The van der Waals surface area contributed by atoms with E-state index in [2.05, 4.69) is 30.1 Å². The molecule has 4 heteroatoms. The molecule has 2 N–H and O–H groups in total. The van der Waals surface area contributed by atoms with Crippen molar-refractivity contribution in [3.05, 3.63) is 23.8 Å². The molecule has 0 saturated carbocycles. The van der Waals surface area contributed by atoms with Crippen LogP contribution in [-0.4, -0.2) is 30.3 Å². The van der Waals surface area contributed by atoms with Crippen LogP contribution in [0.2, 0.25) is 0 Å². The van der Waals surface area contributed by atoms with Crippen molar-refractivity contribution in [2.75, 3.05) is 23.3 Å². The Kier molecular flexibility index (Phi) is 4.86. The Balaban J connectivity index is 2.16. The summed E-state index contributed by atoms with van der Waals surface area (Å²) in [6.07, 6.45) is 2.41. The molecule has 0 aliphatic carbocycles. The molecule has 1 unspecified atom stereocenters. The number of nitrogens with one attached hydrogen (secondary N) is 1. The zero-order valence-corrected chi connectivity index (χ0v) is 12.3. The summed E-state index contributed by atoms with van der Waals surface area (Å²) in [4.78, 5) is 2.19. The molecule has 1 heterocycles. The number of aliphatic hydroxyl groups is 1. The van der Waals surface area contributed by atoms with Crippen LogP contribution in [0.5, 0.6) is 0 Å². The highest BCUT2D eigenvalue weighted by atomic mass is 16.3. The van der Waals surface area contributed by atoms with Crippen molar-refractivity contribution in [3.63, 3.8) is 0 Å². The molecule has 1 saturated heterocycles. The van der Waals surface area contributed by atoms with Gasteiger partial charge < -0.3 is 15.3 Å². The van der Waals surface area contributed by atoms with Crippen LogP contribution in [-0.2, 0) is 0 Å². The number of hydrogen-bond acceptors (Lipinski definition) is 4. The minimum absolute atomic E-state index is 0.192. The Labute approximate surface area is 121 Å². The Morgan fingerprint density at radius 2 is 2.15 bits per heavy atom. The molecule has 2 rings (SSSR count). The van der Waals surface area contributed by atoms with Crippen molar-refractivity contribution in [1.82, 2.24) is 0 Å². The fraction of sp³-hybridized carbons (Fsp3) is 0.562. The van der Waals surface area contributed by atoms with Gasteiger partial charge in [0.15, 0.2) is 0 Å². The van der Waals surface area contributed by atoms with Gasteiger partial charge in [-0.05, 0) is 44.4 Å². The van der Waals surface area contributed by atoms with Crippen LogP contribution in [0.1, 0.15) is 38.7 Å². The van der Waals surface area contributed by atoms with E-state index in [1.54, 1.807) is 0 Å². The molecule has 0 amide bonds. The Morgan fingerprint density at radius 1 is 1.45 bits per heavy atom. The quantitative estimate of drug-likeness (QED) is 0.885. The molecule has 1 aromatic carbocycles. The van der Waals surface area contributed by atoms with Crippen LogP contribution >= 0.6 is 0 Å². The predicted molar refractivity (Wildman–Crippen MR) is 82.0 cm³/mol. The smallest absolute Gasteiger partial charge is 0.101 e.